The molecular formula is C23H19F3N2O5S. The standard InChI is InChI=1S/C23H19F3N2O5S/c1-33-23(30)16-9-7-14(8-10-16)13-28(21(22(27)29)15-5-3-2-4-6-15)34(31,32)18-12-11-17(24)19(25)20(18)26/h2-12,21H,13H2,1H3,(H2,27,29)/t21-/m1/s1. The lowest BCUT2D eigenvalue weighted by Gasteiger charge is -2.29. The second kappa shape index (κ2) is 10.1. The van der Waals surface area contributed by atoms with Crippen LogP contribution in [0.2, 0.25) is 0 Å². The van der Waals surface area contributed by atoms with Crippen LogP contribution in [-0.2, 0) is 26.1 Å². The Kier molecular flexibility index (Phi) is 7.38. The zero-order chi connectivity index (χ0) is 25.0. The molecular weight excluding hydrogens is 473 g/mol. The van der Waals surface area contributed by atoms with E-state index in [-0.39, 0.29) is 11.1 Å². The third-order valence-corrected chi connectivity index (χ3v) is 6.80. The lowest BCUT2D eigenvalue weighted by atomic mass is 10.1. The lowest BCUT2D eigenvalue weighted by molar-refractivity contribution is -0.122. The number of nitrogens with two attached hydrogens (primary N) is 1. The molecule has 0 fully saturated rings. The fourth-order valence-corrected chi connectivity index (χ4v) is 4.93. The number of nitrogens with zero attached hydrogens (tertiary/aromatic N) is 1. The van der Waals surface area contributed by atoms with E-state index in [1.54, 1.807) is 18.2 Å². The summed E-state index contributed by atoms with van der Waals surface area (Å²) < 4.78 is 74.0. The first-order chi connectivity index (χ1) is 16.1. The molecule has 3 aromatic carbocycles. The van der Waals surface area contributed by atoms with Gasteiger partial charge in [-0.25, -0.2) is 26.4 Å². The number of carbonyl (C=O) groups excluding carboxylic acids is 2. The van der Waals surface area contributed by atoms with Crippen molar-refractivity contribution in [1.29, 1.82) is 0 Å². The number of methoxy groups -OCH3 is 1. The maximum atomic E-state index is 14.5. The zero-order valence-corrected chi connectivity index (χ0v) is 18.6. The quantitative estimate of drug-likeness (QED) is 0.384. The van der Waals surface area contributed by atoms with Gasteiger partial charge in [0.25, 0.3) is 0 Å². The van der Waals surface area contributed by atoms with Crippen LogP contribution in [0.5, 0.6) is 0 Å². The average molecular weight is 492 g/mol. The number of rotatable bonds is 8. The van der Waals surface area contributed by atoms with Gasteiger partial charge in [0.05, 0.1) is 12.7 Å². The van der Waals surface area contributed by atoms with E-state index in [1.165, 1.54) is 43.5 Å². The summed E-state index contributed by atoms with van der Waals surface area (Å²) in [6.07, 6.45) is 0. The maximum absolute atomic E-state index is 14.5. The summed E-state index contributed by atoms with van der Waals surface area (Å²) in [6, 6.07) is 12.6. The Morgan fingerprint density at radius 3 is 2.12 bits per heavy atom. The molecule has 0 spiro atoms. The van der Waals surface area contributed by atoms with Gasteiger partial charge in [-0.2, -0.15) is 4.31 Å². The molecule has 1 amide bonds. The third-order valence-electron chi connectivity index (χ3n) is 4.97. The van der Waals surface area contributed by atoms with Gasteiger partial charge in [-0.05, 0) is 35.4 Å². The summed E-state index contributed by atoms with van der Waals surface area (Å²) in [5.74, 6) is -7.18. The molecule has 7 nitrogen and oxygen atoms in total. The molecule has 3 aromatic rings. The van der Waals surface area contributed by atoms with Crippen LogP contribution in [0.15, 0.2) is 71.6 Å². The first kappa shape index (κ1) is 24.9. The molecule has 0 aliphatic heterocycles. The minimum Gasteiger partial charge on any atom is -0.465 e. The minimum absolute atomic E-state index is 0.174. The number of ether oxygens (including phenoxy) is 1. The molecule has 1 atom stereocenters. The van der Waals surface area contributed by atoms with E-state index in [4.69, 9.17) is 5.73 Å². The van der Waals surface area contributed by atoms with Crippen LogP contribution in [0.1, 0.15) is 27.5 Å². The number of esters is 1. The summed E-state index contributed by atoms with van der Waals surface area (Å²) in [7, 11) is -3.74. The van der Waals surface area contributed by atoms with Gasteiger partial charge >= 0.3 is 5.97 Å². The van der Waals surface area contributed by atoms with Crippen LogP contribution >= 0.6 is 0 Å². The maximum Gasteiger partial charge on any atom is 0.337 e. The number of amides is 1. The molecule has 0 heterocycles. The van der Waals surface area contributed by atoms with Crippen LogP contribution in [0.25, 0.3) is 0 Å². The van der Waals surface area contributed by atoms with Gasteiger partial charge in [0.1, 0.15) is 10.9 Å². The zero-order valence-electron chi connectivity index (χ0n) is 17.7. The van der Waals surface area contributed by atoms with Gasteiger partial charge in [-0.15, -0.1) is 0 Å². The predicted molar refractivity (Wildman–Crippen MR) is 115 cm³/mol. The van der Waals surface area contributed by atoms with E-state index in [9.17, 15) is 31.2 Å². The summed E-state index contributed by atoms with van der Waals surface area (Å²) >= 11 is 0. The van der Waals surface area contributed by atoms with E-state index in [2.05, 4.69) is 4.74 Å². The third kappa shape index (κ3) is 4.95. The highest BCUT2D eigenvalue weighted by atomic mass is 32.2. The first-order valence-electron chi connectivity index (χ1n) is 9.74. The van der Waals surface area contributed by atoms with E-state index >= 15 is 0 Å². The summed E-state index contributed by atoms with van der Waals surface area (Å²) in [5, 5.41) is 0. The molecule has 0 aliphatic carbocycles. The minimum atomic E-state index is -4.93. The molecule has 3 rings (SSSR count). The smallest absolute Gasteiger partial charge is 0.337 e. The van der Waals surface area contributed by atoms with Crippen molar-refractivity contribution in [2.24, 2.45) is 5.73 Å². The lowest BCUT2D eigenvalue weighted by Crippen LogP contribution is -2.41. The number of hydrogen-bond donors (Lipinski definition) is 1. The van der Waals surface area contributed by atoms with Crippen molar-refractivity contribution in [3.05, 3.63) is 101 Å². The fraction of sp³-hybridized carbons (Fsp3) is 0.130. The normalized spacial score (nSPS) is 12.4. The Hall–Kier alpha value is -3.70. The Bertz CT molecular complexity index is 1320. The fourth-order valence-electron chi connectivity index (χ4n) is 3.30. The van der Waals surface area contributed by atoms with E-state index in [0.717, 1.165) is 0 Å². The molecule has 0 radical (unpaired) electrons. The van der Waals surface area contributed by atoms with Crippen LogP contribution in [0.4, 0.5) is 13.2 Å². The van der Waals surface area contributed by atoms with Crippen molar-refractivity contribution in [2.45, 2.75) is 17.5 Å². The molecule has 11 heteroatoms. The second-order valence-corrected chi connectivity index (χ2v) is 8.99. The number of benzene rings is 3. The van der Waals surface area contributed by atoms with E-state index in [1.807, 2.05) is 0 Å². The number of primary amides is 1. The number of halogens is 3. The summed E-state index contributed by atoms with van der Waals surface area (Å²) in [4.78, 5) is 22.9. The molecule has 0 unspecified atom stereocenters. The number of sulfonamides is 1. The van der Waals surface area contributed by atoms with Crippen molar-refractivity contribution >= 4 is 21.9 Å². The van der Waals surface area contributed by atoms with Crippen molar-refractivity contribution < 1.29 is 35.9 Å². The second-order valence-electron chi connectivity index (χ2n) is 7.13. The van der Waals surface area contributed by atoms with Crippen molar-refractivity contribution in [3.63, 3.8) is 0 Å². The van der Waals surface area contributed by atoms with Gasteiger partial charge in [0.15, 0.2) is 17.5 Å². The van der Waals surface area contributed by atoms with Crippen molar-refractivity contribution in [2.75, 3.05) is 7.11 Å². The first-order valence-corrected chi connectivity index (χ1v) is 11.2. The van der Waals surface area contributed by atoms with Gasteiger partial charge in [-0.3, -0.25) is 4.79 Å². The molecule has 0 aliphatic rings. The largest absolute Gasteiger partial charge is 0.465 e. The van der Waals surface area contributed by atoms with Crippen LogP contribution in [0.3, 0.4) is 0 Å². The predicted octanol–water partition coefficient (Wildman–Crippen LogP) is 3.31. The van der Waals surface area contributed by atoms with Gasteiger partial charge in [0.2, 0.25) is 15.9 Å². The molecule has 0 saturated heterocycles. The molecule has 0 saturated carbocycles. The van der Waals surface area contributed by atoms with E-state index < -0.39 is 56.8 Å². The van der Waals surface area contributed by atoms with Crippen molar-refractivity contribution in [1.82, 2.24) is 4.31 Å². The topological polar surface area (TPSA) is 107 Å². The summed E-state index contributed by atoms with van der Waals surface area (Å²) in [5.41, 5.74) is 6.19. The molecule has 34 heavy (non-hydrogen) atoms. The Morgan fingerprint density at radius 1 is 0.941 bits per heavy atom. The molecule has 0 bridgehead atoms. The van der Waals surface area contributed by atoms with Crippen LogP contribution in [-0.4, -0.2) is 31.7 Å². The SMILES string of the molecule is COC(=O)c1ccc(CN([C@@H](C(N)=O)c2ccccc2)S(=O)(=O)c2ccc(F)c(F)c2F)cc1. The Morgan fingerprint density at radius 2 is 1.56 bits per heavy atom. The highest BCUT2D eigenvalue weighted by Gasteiger charge is 2.38. The number of carbonyl (C=O) groups is 2. The monoisotopic (exact) mass is 492 g/mol. The molecule has 2 N–H and O–H groups in total. The Balaban J connectivity index is 2.16. The highest BCUT2D eigenvalue weighted by Crippen LogP contribution is 2.32. The molecule has 178 valence electrons. The van der Waals surface area contributed by atoms with Crippen LogP contribution in [0, 0.1) is 17.5 Å². The van der Waals surface area contributed by atoms with Gasteiger partial charge in [0, 0.05) is 6.54 Å². The number of hydrogen-bond acceptors (Lipinski definition) is 5. The summed E-state index contributed by atoms with van der Waals surface area (Å²) in [6.45, 7) is -0.509. The van der Waals surface area contributed by atoms with Gasteiger partial charge in [-0.1, -0.05) is 42.5 Å². The van der Waals surface area contributed by atoms with E-state index in [0.29, 0.717) is 22.0 Å². The van der Waals surface area contributed by atoms with Crippen LogP contribution < -0.4 is 5.73 Å². The average Bonchev–Trinajstić information content (AvgIpc) is 2.82. The highest BCUT2D eigenvalue weighted by molar-refractivity contribution is 7.89. The van der Waals surface area contributed by atoms with Gasteiger partial charge < -0.3 is 10.5 Å². The Labute approximate surface area is 193 Å². The van der Waals surface area contributed by atoms with Crippen molar-refractivity contribution in [3.8, 4) is 0 Å². The molecule has 0 aromatic heterocycles.